The van der Waals surface area contributed by atoms with Gasteiger partial charge in [-0.15, -0.1) is 0 Å². The average molecular weight is 243 g/mol. The van der Waals surface area contributed by atoms with Crippen molar-refractivity contribution in [1.29, 1.82) is 0 Å². The van der Waals surface area contributed by atoms with Gasteiger partial charge in [0.1, 0.15) is 0 Å². The molecule has 5 heteroatoms. The molecule has 0 amide bonds. The normalized spacial score (nSPS) is 11.5. The van der Waals surface area contributed by atoms with Crippen LogP contribution in [-0.2, 0) is 9.53 Å². The second kappa shape index (κ2) is 9.93. The highest BCUT2D eigenvalue weighted by molar-refractivity contribution is 5.79. The van der Waals surface area contributed by atoms with Crippen LogP contribution in [0, 0.1) is 5.92 Å². The third kappa shape index (κ3) is 9.66. The molecule has 0 aliphatic heterocycles. The number of guanidine groups is 1. The number of esters is 1. The number of rotatable bonds is 7. The summed E-state index contributed by atoms with van der Waals surface area (Å²) < 4.78 is 4.84. The summed E-state index contributed by atoms with van der Waals surface area (Å²) in [5, 5.41) is 6.36. The quantitative estimate of drug-likeness (QED) is 0.305. The maximum atomic E-state index is 11.1. The smallest absolute Gasteiger partial charge is 0.305 e. The highest BCUT2D eigenvalue weighted by Gasteiger charge is 2.02. The first-order valence-corrected chi connectivity index (χ1v) is 6.20. The Hall–Kier alpha value is -1.26. The van der Waals surface area contributed by atoms with Crippen molar-refractivity contribution in [3.63, 3.8) is 0 Å². The molecule has 0 heterocycles. The molecule has 0 atom stereocenters. The lowest BCUT2D eigenvalue weighted by Crippen LogP contribution is -2.39. The van der Waals surface area contributed by atoms with Crippen LogP contribution in [0.4, 0.5) is 0 Å². The molecule has 0 aliphatic rings. The van der Waals surface area contributed by atoms with Gasteiger partial charge in [-0.1, -0.05) is 13.8 Å². The Balaban J connectivity index is 3.60. The largest absolute Gasteiger partial charge is 0.466 e. The summed E-state index contributed by atoms with van der Waals surface area (Å²) in [4.78, 5) is 15.2. The van der Waals surface area contributed by atoms with Crippen molar-refractivity contribution in [2.45, 2.75) is 33.6 Å². The summed E-state index contributed by atoms with van der Waals surface area (Å²) in [6, 6.07) is 0. The minimum Gasteiger partial charge on any atom is -0.466 e. The van der Waals surface area contributed by atoms with E-state index in [2.05, 4.69) is 29.5 Å². The molecular formula is C12H25N3O2. The zero-order chi connectivity index (χ0) is 13.1. The molecule has 2 N–H and O–H groups in total. The maximum Gasteiger partial charge on any atom is 0.305 e. The van der Waals surface area contributed by atoms with Crippen LogP contribution in [0.3, 0.4) is 0 Å². The van der Waals surface area contributed by atoms with Crippen LogP contribution in [-0.4, -0.2) is 38.7 Å². The molecule has 0 radical (unpaired) electrons. The summed E-state index contributed by atoms with van der Waals surface area (Å²) in [5.41, 5.74) is 0. The molecule has 0 spiro atoms. The zero-order valence-electron chi connectivity index (χ0n) is 11.4. The Morgan fingerprint density at radius 3 is 2.59 bits per heavy atom. The second-order valence-corrected chi connectivity index (χ2v) is 4.18. The van der Waals surface area contributed by atoms with E-state index >= 15 is 0 Å². The van der Waals surface area contributed by atoms with Crippen LogP contribution in [0.1, 0.15) is 33.6 Å². The Labute approximate surface area is 104 Å². The van der Waals surface area contributed by atoms with E-state index in [4.69, 9.17) is 4.74 Å². The summed E-state index contributed by atoms with van der Waals surface area (Å²) in [6.45, 7) is 8.15. The molecule has 0 fully saturated rings. The first-order chi connectivity index (χ1) is 8.10. The van der Waals surface area contributed by atoms with Gasteiger partial charge in [0.2, 0.25) is 0 Å². The van der Waals surface area contributed by atoms with E-state index in [0.29, 0.717) is 18.9 Å². The van der Waals surface area contributed by atoms with Crippen molar-refractivity contribution < 1.29 is 9.53 Å². The SMILES string of the molecule is CCOC(=O)CCCNC(=NC)NCC(C)C. The summed E-state index contributed by atoms with van der Waals surface area (Å²) in [6.07, 6.45) is 1.20. The molecular weight excluding hydrogens is 218 g/mol. The van der Waals surface area contributed by atoms with Crippen LogP contribution >= 0.6 is 0 Å². The number of aliphatic imine (C=N–C) groups is 1. The standard InChI is InChI=1S/C12H25N3O2/c1-5-17-11(16)7-6-8-14-12(13-4)15-9-10(2)3/h10H,5-9H2,1-4H3,(H2,13,14,15). The lowest BCUT2D eigenvalue weighted by Gasteiger charge is -2.13. The topological polar surface area (TPSA) is 62.7 Å². The highest BCUT2D eigenvalue weighted by atomic mass is 16.5. The molecule has 0 unspecified atom stereocenters. The number of nitrogens with one attached hydrogen (secondary N) is 2. The number of hydrogen-bond acceptors (Lipinski definition) is 3. The number of hydrogen-bond donors (Lipinski definition) is 2. The van der Waals surface area contributed by atoms with E-state index in [-0.39, 0.29) is 5.97 Å². The zero-order valence-corrected chi connectivity index (χ0v) is 11.4. The third-order valence-electron chi connectivity index (χ3n) is 2.06. The van der Waals surface area contributed by atoms with Crippen LogP contribution in [0.2, 0.25) is 0 Å². The minimum atomic E-state index is -0.139. The second-order valence-electron chi connectivity index (χ2n) is 4.18. The fraction of sp³-hybridized carbons (Fsp3) is 0.833. The Kier molecular flexibility index (Phi) is 9.19. The van der Waals surface area contributed by atoms with Gasteiger partial charge in [0, 0.05) is 26.6 Å². The van der Waals surface area contributed by atoms with Gasteiger partial charge in [-0.05, 0) is 19.3 Å². The predicted octanol–water partition coefficient (Wildman–Crippen LogP) is 1.15. The molecule has 0 aromatic carbocycles. The first kappa shape index (κ1) is 15.7. The van der Waals surface area contributed by atoms with Crippen molar-refractivity contribution >= 4 is 11.9 Å². The minimum absolute atomic E-state index is 0.139. The number of ether oxygens (including phenoxy) is 1. The fourth-order valence-corrected chi connectivity index (χ4v) is 1.19. The van der Waals surface area contributed by atoms with Crippen molar-refractivity contribution in [2.75, 3.05) is 26.7 Å². The van der Waals surface area contributed by atoms with Crippen molar-refractivity contribution in [1.82, 2.24) is 10.6 Å². The molecule has 17 heavy (non-hydrogen) atoms. The Bertz CT molecular complexity index is 240. The van der Waals surface area contributed by atoms with Gasteiger partial charge < -0.3 is 15.4 Å². The van der Waals surface area contributed by atoms with E-state index in [1.807, 2.05) is 6.92 Å². The monoisotopic (exact) mass is 243 g/mol. The highest BCUT2D eigenvalue weighted by Crippen LogP contribution is 1.91. The lowest BCUT2D eigenvalue weighted by atomic mass is 10.2. The maximum absolute atomic E-state index is 11.1. The molecule has 0 aliphatic carbocycles. The van der Waals surface area contributed by atoms with E-state index in [9.17, 15) is 4.79 Å². The predicted molar refractivity (Wildman–Crippen MR) is 70.1 cm³/mol. The van der Waals surface area contributed by atoms with Crippen molar-refractivity contribution in [3.05, 3.63) is 0 Å². The fourth-order valence-electron chi connectivity index (χ4n) is 1.19. The van der Waals surface area contributed by atoms with Gasteiger partial charge in [-0.2, -0.15) is 0 Å². The molecule has 0 aromatic heterocycles. The summed E-state index contributed by atoms with van der Waals surface area (Å²) in [5.74, 6) is 1.22. The first-order valence-electron chi connectivity index (χ1n) is 6.20. The van der Waals surface area contributed by atoms with E-state index in [0.717, 1.165) is 25.5 Å². The van der Waals surface area contributed by atoms with Crippen LogP contribution in [0.5, 0.6) is 0 Å². The number of nitrogens with zero attached hydrogens (tertiary/aromatic N) is 1. The third-order valence-corrected chi connectivity index (χ3v) is 2.06. The van der Waals surface area contributed by atoms with Gasteiger partial charge in [0.25, 0.3) is 0 Å². The summed E-state index contributed by atoms with van der Waals surface area (Å²) >= 11 is 0. The summed E-state index contributed by atoms with van der Waals surface area (Å²) in [7, 11) is 1.74. The molecule has 0 saturated carbocycles. The van der Waals surface area contributed by atoms with Gasteiger partial charge in [0.05, 0.1) is 6.61 Å². The van der Waals surface area contributed by atoms with Crippen LogP contribution < -0.4 is 10.6 Å². The van der Waals surface area contributed by atoms with Crippen molar-refractivity contribution in [3.8, 4) is 0 Å². The Morgan fingerprint density at radius 2 is 2.06 bits per heavy atom. The number of carbonyl (C=O) groups is 1. The van der Waals surface area contributed by atoms with E-state index in [1.54, 1.807) is 7.05 Å². The lowest BCUT2D eigenvalue weighted by molar-refractivity contribution is -0.143. The molecule has 5 nitrogen and oxygen atoms in total. The van der Waals surface area contributed by atoms with Gasteiger partial charge in [-0.3, -0.25) is 9.79 Å². The molecule has 0 aromatic rings. The number of carbonyl (C=O) groups excluding carboxylic acids is 1. The van der Waals surface area contributed by atoms with Crippen LogP contribution in [0.15, 0.2) is 4.99 Å². The van der Waals surface area contributed by atoms with Crippen LogP contribution in [0.25, 0.3) is 0 Å². The van der Waals surface area contributed by atoms with Gasteiger partial charge in [0.15, 0.2) is 5.96 Å². The molecule has 0 saturated heterocycles. The molecule has 0 rings (SSSR count). The molecule has 0 bridgehead atoms. The van der Waals surface area contributed by atoms with E-state index < -0.39 is 0 Å². The average Bonchev–Trinajstić information content (AvgIpc) is 2.28. The van der Waals surface area contributed by atoms with E-state index in [1.165, 1.54) is 0 Å². The van der Waals surface area contributed by atoms with Crippen molar-refractivity contribution in [2.24, 2.45) is 10.9 Å². The Morgan fingerprint density at radius 1 is 1.35 bits per heavy atom. The molecule has 100 valence electrons. The van der Waals surface area contributed by atoms with Gasteiger partial charge in [-0.25, -0.2) is 0 Å². The van der Waals surface area contributed by atoms with Gasteiger partial charge >= 0.3 is 5.97 Å².